The van der Waals surface area contributed by atoms with Crippen LogP contribution in [0.3, 0.4) is 0 Å². The van der Waals surface area contributed by atoms with Crippen molar-refractivity contribution in [3.63, 3.8) is 0 Å². The van der Waals surface area contributed by atoms with Gasteiger partial charge in [-0.15, -0.1) is 0 Å². The van der Waals surface area contributed by atoms with Crippen LogP contribution in [0.25, 0.3) is 0 Å². The number of nitrogens with zero attached hydrogens (tertiary/aromatic N) is 3. The fourth-order valence-corrected chi connectivity index (χ4v) is 7.52. The number of hydrogen-bond acceptors (Lipinski definition) is 7. The van der Waals surface area contributed by atoms with Gasteiger partial charge in [-0.1, -0.05) is 23.2 Å². The summed E-state index contributed by atoms with van der Waals surface area (Å²) in [6.45, 7) is 3.41. The number of anilines is 1. The molecular weight excluding hydrogens is 559 g/mol. The zero-order valence-corrected chi connectivity index (χ0v) is 24.4. The standard InChI is InChI=1S/C28H36Cl2N4O4S/c29-24-11-10-23(19-25(24)30)38-22-12-17-33(18-13-22)21-8-6-20(7-9-21)28(35)32-39(36,37)26-5-4-14-31-27(26)34-15-2-1-3-16-34/h4-5,10-11,14,19-22H,1-3,6-9,12-13,15-18H2,(H,32,35)/t20-,21-. The highest BCUT2D eigenvalue weighted by atomic mass is 35.5. The first-order valence-corrected chi connectivity index (χ1v) is 16.2. The molecule has 11 heteroatoms. The molecule has 0 unspecified atom stereocenters. The van der Waals surface area contributed by atoms with Crippen LogP contribution in [0.15, 0.2) is 41.4 Å². The summed E-state index contributed by atoms with van der Waals surface area (Å²) in [6, 6.07) is 8.90. The van der Waals surface area contributed by atoms with E-state index >= 15 is 0 Å². The predicted molar refractivity (Wildman–Crippen MR) is 153 cm³/mol. The van der Waals surface area contributed by atoms with Crippen molar-refractivity contribution < 1.29 is 17.9 Å². The number of hydrogen-bond donors (Lipinski definition) is 1. The number of benzene rings is 1. The van der Waals surface area contributed by atoms with Crippen molar-refractivity contribution in [2.45, 2.75) is 74.8 Å². The molecular formula is C28H36Cl2N4O4S. The van der Waals surface area contributed by atoms with Crippen molar-refractivity contribution in [1.29, 1.82) is 0 Å². The molecule has 1 aromatic carbocycles. The lowest BCUT2D eigenvalue weighted by atomic mass is 9.84. The van der Waals surface area contributed by atoms with Gasteiger partial charge in [-0.05, 0) is 82.1 Å². The van der Waals surface area contributed by atoms with Crippen LogP contribution in [0.1, 0.15) is 57.8 Å². The average Bonchev–Trinajstić information content (AvgIpc) is 2.96. The highest BCUT2D eigenvalue weighted by molar-refractivity contribution is 7.90. The maximum absolute atomic E-state index is 13.2. The van der Waals surface area contributed by atoms with Gasteiger partial charge in [0.1, 0.15) is 22.6 Å². The number of pyridine rings is 1. The molecule has 3 heterocycles. The SMILES string of the molecule is O=C(NS(=O)(=O)c1cccnc1N1CCCCC1)[C@H]1CC[C@H](N2CCC(Oc3ccc(Cl)c(Cl)c3)CC2)CC1. The number of ether oxygens (including phenoxy) is 1. The fraction of sp³-hybridized carbons (Fsp3) is 0.571. The molecule has 2 aromatic rings. The molecule has 0 spiro atoms. The van der Waals surface area contributed by atoms with E-state index in [2.05, 4.69) is 14.6 Å². The molecule has 1 saturated carbocycles. The van der Waals surface area contributed by atoms with Gasteiger partial charge in [0.05, 0.1) is 10.0 Å². The molecule has 0 radical (unpaired) electrons. The van der Waals surface area contributed by atoms with Crippen molar-refractivity contribution >= 4 is 45.0 Å². The second kappa shape index (κ2) is 12.6. The predicted octanol–water partition coefficient (Wildman–Crippen LogP) is 5.29. The Kier molecular flexibility index (Phi) is 9.21. The van der Waals surface area contributed by atoms with Gasteiger partial charge in [-0.3, -0.25) is 4.79 Å². The van der Waals surface area contributed by atoms with E-state index in [-0.39, 0.29) is 16.9 Å². The maximum atomic E-state index is 13.2. The third-order valence-electron chi connectivity index (χ3n) is 8.19. The van der Waals surface area contributed by atoms with Crippen molar-refractivity contribution in [2.24, 2.45) is 5.92 Å². The minimum atomic E-state index is -4.00. The lowest BCUT2D eigenvalue weighted by Gasteiger charge is -2.40. The molecule has 39 heavy (non-hydrogen) atoms. The van der Waals surface area contributed by atoms with Crippen LogP contribution in [0, 0.1) is 5.92 Å². The molecule has 8 nitrogen and oxygen atoms in total. The molecule has 0 atom stereocenters. The number of carbonyl (C=O) groups is 1. The van der Waals surface area contributed by atoms with Crippen LogP contribution in [-0.4, -0.2) is 62.5 Å². The molecule has 0 bridgehead atoms. The summed E-state index contributed by atoms with van der Waals surface area (Å²) in [4.78, 5) is 22.0. The molecule has 2 saturated heterocycles. The highest BCUT2D eigenvalue weighted by Crippen LogP contribution is 2.32. The van der Waals surface area contributed by atoms with E-state index in [1.165, 1.54) is 6.07 Å². The van der Waals surface area contributed by atoms with Gasteiger partial charge in [-0.2, -0.15) is 0 Å². The molecule has 3 fully saturated rings. The van der Waals surface area contributed by atoms with E-state index in [1.807, 2.05) is 11.0 Å². The lowest BCUT2D eigenvalue weighted by Crippen LogP contribution is -2.47. The second-order valence-corrected chi connectivity index (χ2v) is 13.2. The molecule has 3 aliphatic rings. The summed E-state index contributed by atoms with van der Waals surface area (Å²) < 4.78 is 34.9. The smallest absolute Gasteiger partial charge is 0.267 e. The Balaban J connectivity index is 1.10. The number of piperidine rings is 2. The van der Waals surface area contributed by atoms with Crippen LogP contribution < -0.4 is 14.4 Å². The van der Waals surface area contributed by atoms with E-state index in [0.29, 0.717) is 34.7 Å². The van der Waals surface area contributed by atoms with E-state index in [9.17, 15) is 13.2 Å². The number of aromatic nitrogens is 1. The van der Waals surface area contributed by atoms with Gasteiger partial charge < -0.3 is 14.5 Å². The van der Waals surface area contributed by atoms with Crippen LogP contribution in [0.2, 0.25) is 10.0 Å². The third kappa shape index (κ3) is 6.99. The molecule has 1 aromatic heterocycles. The summed E-state index contributed by atoms with van der Waals surface area (Å²) in [5.41, 5.74) is 0. The number of rotatable bonds is 7. The maximum Gasteiger partial charge on any atom is 0.267 e. The van der Waals surface area contributed by atoms with Crippen LogP contribution in [0.4, 0.5) is 5.82 Å². The molecule has 1 aliphatic carbocycles. The fourth-order valence-electron chi connectivity index (χ4n) is 6.01. The Hall–Kier alpha value is -2.07. The van der Waals surface area contributed by atoms with E-state index in [0.717, 1.165) is 76.9 Å². The van der Waals surface area contributed by atoms with E-state index in [1.54, 1.807) is 24.4 Å². The summed E-state index contributed by atoms with van der Waals surface area (Å²) >= 11 is 12.1. The highest BCUT2D eigenvalue weighted by Gasteiger charge is 2.34. The minimum absolute atomic E-state index is 0.0832. The van der Waals surface area contributed by atoms with Gasteiger partial charge in [0.2, 0.25) is 5.91 Å². The van der Waals surface area contributed by atoms with Gasteiger partial charge in [-0.25, -0.2) is 18.1 Å². The van der Waals surface area contributed by atoms with Crippen LogP contribution >= 0.6 is 23.2 Å². The monoisotopic (exact) mass is 594 g/mol. The Morgan fingerprint density at radius 1 is 0.923 bits per heavy atom. The molecule has 1 N–H and O–H groups in total. The number of nitrogens with one attached hydrogen (secondary N) is 1. The average molecular weight is 596 g/mol. The summed E-state index contributed by atoms with van der Waals surface area (Å²) in [5, 5.41) is 1.00. The Morgan fingerprint density at radius 2 is 1.64 bits per heavy atom. The lowest BCUT2D eigenvalue weighted by molar-refractivity contribution is -0.124. The number of halogens is 2. The Labute approximate surface area is 241 Å². The quantitative estimate of drug-likeness (QED) is 0.466. The van der Waals surface area contributed by atoms with Crippen LogP contribution in [-0.2, 0) is 14.8 Å². The van der Waals surface area contributed by atoms with E-state index < -0.39 is 15.9 Å². The minimum Gasteiger partial charge on any atom is -0.490 e. The first-order chi connectivity index (χ1) is 18.8. The first-order valence-electron chi connectivity index (χ1n) is 13.9. The number of amides is 1. The summed E-state index contributed by atoms with van der Waals surface area (Å²) in [7, 11) is -4.00. The number of likely N-dealkylation sites (tertiary alicyclic amines) is 1. The first kappa shape index (κ1) is 28.5. The molecule has 1 amide bonds. The van der Waals surface area contributed by atoms with E-state index in [4.69, 9.17) is 27.9 Å². The van der Waals surface area contributed by atoms with Gasteiger partial charge in [0, 0.05) is 50.4 Å². The van der Waals surface area contributed by atoms with Crippen LogP contribution in [0.5, 0.6) is 5.75 Å². The Morgan fingerprint density at radius 3 is 2.33 bits per heavy atom. The molecule has 212 valence electrons. The topological polar surface area (TPSA) is 91.8 Å². The summed E-state index contributed by atoms with van der Waals surface area (Å²) in [5.74, 6) is 0.462. The van der Waals surface area contributed by atoms with Crippen molar-refractivity contribution in [3.05, 3.63) is 46.6 Å². The third-order valence-corrected chi connectivity index (χ3v) is 10.3. The number of sulfonamides is 1. The van der Waals surface area contributed by atoms with Gasteiger partial charge in [0.25, 0.3) is 10.0 Å². The Bertz CT molecular complexity index is 1260. The van der Waals surface area contributed by atoms with Crippen molar-refractivity contribution in [2.75, 3.05) is 31.1 Å². The zero-order valence-electron chi connectivity index (χ0n) is 22.0. The van der Waals surface area contributed by atoms with Gasteiger partial charge in [0.15, 0.2) is 0 Å². The second-order valence-electron chi connectivity index (χ2n) is 10.8. The normalized spacial score (nSPS) is 23.4. The largest absolute Gasteiger partial charge is 0.490 e. The molecule has 5 rings (SSSR count). The number of carbonyl (C=O) groups excluding carboxylic acids is 1. The van der Waals surface area contributed by atoms with Crippen molar-refractivity contribution in [1.82, 2.24) is 14.6 Å². The van der Waals surface area contributed by atoms with Gasteiger partial charge >= 0.3 is 0 Å². The van der Waals surface area contributed by atoms with Crippen molar-refractivity contribution in [3.8, 4) is 5.75 Å². The summed E-state index contributed by atoms with van der Waals surface area (Å²) in [6.07, 6.45) is 9.84. The molecule has 2 aliphatic heterocycles. The zero-order chi connectivity index (χ0) is 27.4.